The van der Waals surface area contributed by atoms with Crippen molar-refractivity contribution in [1.82, 2.24) is 5.32 Å². The molecule has 7 heteroatoms. The average Bonchev–Trinajstić information content (AvgIpc) is 2.61. The van der Waals surface area contributed by atoms with Crippen LogP contribution >= 0.6 is 0 Å². The van der Waals surface area contributed by atoms with E-state index in [4.69, 9.17) is 5.11 Å². The number of alkyl halides is 3. The molecule has 0 radical (unpaired) electrons. The van der Waals surface area contributed by atoms with Crippen LogP contribution in [0, 0.1) is 0 Å². The molecule has 0 aliphatic heterocycles. The molecule has 0 aromatic rings. The third kappa shape index (κ3) is 4.93. The summed E-state index contributed by atoms with van der Waals surface area (Å²) in [7, 11) is 0. The zero-order valence-electron chi connectivity index (χ0n) is 9.85. The van der Waals surface area contributed by atoms with Gasteiger partial charge in [-0.05, 0) is 12.8 Å². The van der Waals surface area contributed by atoms with E-state index in [0.29, 0.717) is 12.8 Å². The van der Waals surface area contributed by atoms with E-state index in [9.17, 15) is 22.8 Å². The van der Waals surface area contributed by atoms with Gasteiger partial charge in [-0.15, -0.1) is 0 Å². The second-order valence-corrected chi connectivity index (χ2v) is 4.72. The summed E-state index contributed by atoms with van der Waals surface area (Å²) in [6.45, 7) is 0. The number of carboxylic acid groups (broad SMARTS) is 1. The fourth-order valence-corrected chi connectivity index (χ4v) is 2.30. The molecule has 1 rings (SSSR count). The molecule has 2 N–H and O–H groups in total. The van der Waals surface area contributed by atoms with Crippen LogP contribution in [0.25, 0.3) is 0 Å². The second kappa shape index (κ2) is 5.58. The Morgan fingerprint density at radius 1 is 1.22 bits per heavy atom. The highest BCUT2D eigenvalue weighted by molar-refractivity contribution is 5.78. The first kappa shape index (κ1) is 14.8. The van der Waals surface area contributed by atoms with Crippen molar-refractivity contribution in [3.8, 4) is 0 Å². The molecular weight excluding hydrogens is 251 g/mol. The van der Waals surface area contributed by atoms with Gasteiger partial charge in [-0.3, -0.25) is 9.59 Å². The number of halogens is 3. The Morgan fingerprint density at radius 3 is 2.22 bits per heavy atom. The monoisotopic (exact) mass is 267 g/mol. The Balaban J connectivity index is 2.51. The molecule has 0 unspecified atom stereocenters. The quantitative estimate of drug-likeness (QED) is 0.802. The molecule has 0 heterocycles. The topological polar surface area (TPSA) is 66.4 Å². The zero-order valence-corrected chi connectivity index (χ0v) is 9.85. The van der Waals surface area contributed by atoms with Gasteiger partial charge in [-0.25, -0.2) is 0 Å². The molecule has 4 nitrogen and oxygen atoms in total. The summed E-state index contributed by atoms with van der Waals surface area (Å²) in [6.07, 6.45) is -3.83. The van der Waals surface area contributed by atoms with Crippen molar-refractivity contribution >= 4 is 11.9 Å². The van der Waals surface area contributed by atoms with Gasteiger partial charge in [0.05, 0.1) is 18.4 Å². The number of hydrogen-bond acceptors (Lipinski definition) is 2. The fraction of sp³-hybridized carbons (Fsp3) is 0.818. The number of carboxylic acids is 1. The third-order valence-electron chi connectivity index (χ3n) is 3.09. The van der Waals surface area contributed by atoms with Crippen molar-refractivity contribution in [3.05, 3.63) is 0 Å². The summed E-state index contributed by atoms with van der Waals surface area (Å²) in [5.41, 5.74) is -0.853. The maximum atomic E-state index is 12.0. The number of carbonyl (C=O) groups excluding carboxylic acids is 1. The van der Waals surface area contributed by atoms with Crippen LogP contribution in [-0.4, -0.2) is 28.7 Å². The number of rotatable bonds is 5. The summed E-state index contributed by atoms with van der Waals surface area (Å²) in [6, 6.07) is 0. The molecule has 0 aromatic heterocycles. The van der Waals surface area contributed by atoms with Gasteiger partial charge in [0.1, 0.15) is 0 Å². The number of amides is 1. The fourth-order valence-electron chi connectivity index (χ4n) is 2.30. The molecular formula is C11H16F3NO3. The lowest BCUT2D eigenvalue weighted by atomic mass is 9.93. The predicted molar refractivity (Wildman–Crippen MR) is 56.9 cm³/mol. The van der Waals surface area contributed by atoms with E-state index in [1.165, 1.54) is 0 Å². The minimum Gasteiger partial charge on any atom is -0.481 e. The van der Waals surface area contributed by atoms with Gasteiger partial charge in [0, 0.05) is 6.42 Å². The first-order chi connectivity index (χ1) is 8.22. The van der Waals surface area contributed by atoms with Gasteiger partial charge in [0.25, 0.3) is 0 Å². The maximum absolute atomic E-state index is 12.0. The van der Waals surface area contributed by atoms with E-state index in [0.717, 1.165) is 12.8 Å². The smallest absolute Gasteiger partial charge is 0.389 e. The first-order valence-corrected chi connectivity index (χ1v) is 5.82. The molecule has 1 aliphatic carbocycles. The lowest BCUT2D eigenvalue weighted by molar-refractivity contribution is -0.146. The Kier molecular flexibility index (Phi) is 4.59. The van der Waals surface area contributed by atoms with Crippen LogP contribution in [-0.2, 0) is 9.59 Å². The summed E-state index contributed by atoms with van der Waals surface area (Å²) in [4.78, 5) is 22.2. The van der Waals surface area contributed by atoms with Crippen LogP contribution in [0.5, 0.6) is 0 Å². The summed E-state index contributed by atoms with van der Waals surface area (Å²) in [5, 5.41) is 11.3. The Labute approximate surface area is 103 Å². The third-order valence-corrected chi connectivity index (χ3v) is 3.09. The standard InChI is InChI=1S/C11H16F3NO3/c12-11(13,14)6-3-8(16)15-10(7-9(17)18)4-1-2-5-10/h1-7H2,(H,15,16)(H,17,18). The lowest BCUT2D eigenvalue weighted by Gasteiger charge is -2.28. The molecule has 1 amide bonds. The van der Waals surface area contributed by atoms with Crippen molar-refractivity contribution in [3.63, 3.8) is 0 Å². The van der Waals surface area contributed by atoms with E-state index in [1.807, 2.05) is 0 Å². The van der Waals surface area contributed by atoms with E-state index in [2.05, 4.69) is 5.32 Å². The van der Waals surface area contributed by atoms with E-state index in [-0.39, 0.29) is 6.42 Å². The molecule has 0 aromatic carbocycles. The van der Waals surface area contributed by atoms with Gasteiger partial charge in [-0.1, -0.05) is 12.8 Å². The zero-order chi connectivity index (χ0) is 13.8. The Bertz CT molecular complexity index is 322. The highest BCUT2D eigenvalue weighted by Crippen LogP contribution is 2.33. The van der Waals surface area contributed by atoms with Crippen LogP contribution < -0.4 is 5.32 Å². The van der Waals surface area contributed by atoms with Gasteiger partial charge in [0.15, 0.2) is 0 Å². The second-order valence-electron chi connectivity index (χ2n) is 4.72. The van der Waals surface area contributed by atoms with E-state index in [1.54, 1.807) is 0 Å². The molecule has 1 fully saturated rings. The maximum Gasteiger partial charge on any atom is 0.389 e. The predicted octanol–water partition coefficient (Wildman–Crippen LogP) is 2.23. The van der Waals surface area contributed by atoms with Crippen molar-refractivity contribution in [2.75, 3.05) is 0 Å². The van der Waals surface area contributed by atoms with E-state index < -0.39 is 36.4 Å². The molecule has 0 atom stereocenters. The first-order valence-electron chi connectivity index (χ1n) is 5.82. The van der Waals surface area contributed by atoms with Crippen LogP contribution in [0.2, 0.25) is 0 Å². The van der Waals surface area contributed by atoms with E-state index >= 15 is 0 Å². The molecule has 0 bridgehead atoms. The average molecular weight is 267 g/mol. The molecule has 18 heavy (non-hydrogen) atoms. The van der Waals surface area contributed by atoms with Gasteiger partial charge in [0.2, 0.25) is 5.91 Å². The molecule has 1 saturated carbocycles. The number of nitrogens with one attached hydrogen (secondary N) is 1. The summed E-state index contributed by atoms with van der Waals surface area (Å²) in [5.74, 6) is -1.77. The highest BCUT2D eigenvalue weighted by Gasteiger charge is 2.38. The van der Waals surface area contributed by atoms with Crippen molar-refractivity contribution in [1.29, 1.82) is 0 Å². The van der Waals surface area contributed by atoms with Gasteiger partial charge < -0.3 is 10.4 Å². The minimum absolute atomic E-state index is 0.231. The van der Waals surface area contributed by atoms with Crippen molar-refractivity contribution in [2.45, 2.75) is 56.7 Å². The molecule has 0 spiro atoms. The number of carbonyl (C=O) groups is 2. The van der Waals surface area contributed by atoms with Crippen molar-refractivity contribution in [2.24, 2.45) is 0 Å². The van der Waals surface area contributed by atoms with Gasteiger partial charge >= 0.3 is 12.1 Å². The van der Waals surface area contributed by atoms with Crippen LogP contribution in [0.3, 0.4) is 0 Å². The summed E-state index contributed by atoms with van der Waals surface area (Å²) >= 11 is 0. The molecule has 0 saturated heterocycles. The Morgan fingerprint density at radius 2 is 1.78 bits per heavy atom. The Hall–Kier alpha value is -1.27. The van der Waals surface area contributed by atoms with Crippen molar-refractivity contribution < 1.29 is 27.9 Å². The summed E-state index contributed by atoms with van der Waals surface area (Å²) < 4.78 is 35.9. The SMILES string of the molecule is O=C(O)CC1(NC(=O)CCC(F)(F)F)CCCC1. The highest BCUT2D eigenvalue weighted by atomic mass is 19.4. The van der Waals surface area contributed by atoms with Crippen LogP contribution in [0.4, 0.5) is 13.2 Å². The normalized spacial score (nSPS) is 18.6. The molecule has 104 valence electrons. The van der Waals surface area contributed by atoms with Gasteiger partial charge in [-0.2, -0.15) is 13.2 Å². The van der Waals surface area contributed by atoms with Crippen LogP contribution in [0.15, 0.2) is 0 Å². The largest absolute Gasteiger partial charge is 0.481 e. The number of aliphatic carboxylic acids is 1. The number of hydrogen-bond donors (Lipinski definition) is 2. The van der Waals surface area contributed by atoms with Crippen LogP contribution in [0.1, 0.15) is 44.9 Å². The minimum atomic E-state index is -4.37. The molecule has 1 aliphatic rings. The lowest BCUT2D eigenvalue weighted by Crippen LogP contribution is -2.47.